The quantitative estimate of drug-likeness (QED) is 0.252. The zero-order valence-electron chi connectivity index (χ0n) is 9.47. The summed E-state index contributed by atoms with van der Waals surface area (Å²) in [6.45, 7) is 7.00. The van der Waals surface area contributed by atoms with Gasteiger partial charge >= 0.3 is 7.82 Å². The van der Waals surface area contributed by atoms with Crippen LogP contribution in [0.5, 0.6) is 0 Å². The van der Waals surface area contributed by atoms with Crippen LogP contribution in [-0.4, -0.2) is 25.1 Å². The number of hydrogen-bond acceptors (Lipinski definition) is 5. The number of carbonyl (C=O) groups excluding carboxylic acids is 1. The first kappa shape index (κ1) is 16.6. The van der Waals surface area contributed by atoms with Gasteiger partial charge in [0.2, 0.25) is 5.24 Å². The van der Waals surface area contributed by atoms with E-state index < -0.39 is 13.1 Å². The molecule has 0 bridgehead atoms. The van der Waals surface area contributed by atoms with Gasteiger partial charge in [-0.15, -0.1) is 13.2 Å². The highest BCUT2D eigenvalue weighted by molar-refractivity contribution is 7.48. The maximum Gasteiger partial charge on any atom is 0.475 e. The van der Waals surface area contributed by atoms with Gasteiger partial charge in [-0.3, -0.25) is 18.4 Å². The van der Waals surface area contributed by atoms with E-state index in [1.165, 1.54) is 12.2 Å². The highest BCUT2D eigenvalue weighted by atomic mass is 35.5. The fourth-order valence-electron chi connectivity index (χ4n) is 0.787. The SMILES string of the molecule is C=CCOP(=O)(OCC=C)OCCCC(=O)Cl. The fourth-order valence-corrected chi connectivity index (χ4v) is 2.07. The molecule has 17 heavy (non-hydrogen) atoms. The zero-order chi connectivity index (χ0) is 13.1. The van der Waals surface area contributed by atoms with Gasteiger partial charge in [0.05, 0.1) is 19.8 Å². The van der Waals surface area contributed by atoms with Crippen LogP contribution in [0.25, 0.3) is 0 Å². The van der Waals surface area contributed by atoms with Gasteiger partial charge in [0, 0.05) is 6.42 Å². The number of carbonyl (C=O) groups is 1. The van der Waals surface area contributed by atoms with E-state index in [0.717, 1.165) is 0 Å². The summed E-state index contributed by atoms with van der Waals surface area (Å²) in [6, 6.07) is 0. The maximum absolute atomic E-state index is 11.9. The molecule has 0 amide bonds. The highest BCUT2D eigenvalue weighted by Gasteiger charge is 2.25. The number of phosphoric acid groups is 1. The van der Waals surface area contributed by atoms with Gasteiger partial charge in [-0.25, -0.2) is 4.57 Å². The molecule has 7 heteroatoms. The van der Waals surface area contributed by atoms with Crippen molar-refractivity contribution in [3.05, 3.63) is 25.3 Å². The fraction of sp³-hybridized carbons (Fsp3) is 0.500. The van der Waals surface area contributed by atoms with E-state index in [1.807, 2.05) is 0 Å². The molecule has 0 N–H and O–H groups in total. The van der Waals surface area contributed by atoms with Crippen molar-refractivity contribution in [2.45, 2.75) is 12.8 Å². The van der Waals surface area contributed by atoms with Crippen molar-refractivity contribution in [1.82, 2.24) is 0 Å². The van der Waals surface area contributed by atoms with E-state index >= 15 is 0 Å². The summed E-state index contributed by atoms with van der Waals surface area (Å²) in [5, 5.41) is -0.470. The van der Waals surface area contributed by atoms with Gasteiger partial charge in [0.1, 0.15) is 0 Å². The molecule has 0 saturated heterocycles. The number of rotatable bonds is 11. The topological polar surface area (TPSA) is 61.8 Å². The Labute approximate surface area is 106 Å². The van der Waals surface area contributed by atoms with Gasteiger partial charge in [-0.05, 0) is 18.0 Å². The van der Waals surface area contributed by atoms with Crippen LogP contribution in [0.2, 0.25) is 0 Å². The first-order valence-corrected chi connectivity index (χ1v) is 6.81. The van der Waals surface area contributed by atoms with Crippen LogP contribution in [0, 0.1) is 0 Å². The molecule has 0 saturated carbocycles. The van der Waals surface area contributed by atoms with Gasteiger partial charge in [-0.1, -0.05) is 12.2 Å². The summed E-state index contributed by atoms with van der Waals surface area (Å²) >= 11 is 5.14. The van der Waals surface area contributed by atoms with Crippen LogP contribution in [0.15, 0.2) is 25.3 Å². The molecule has 5 nitrogen and oxygen atoms in total. The molecule has 0 aliphatic carbocycles. The average molecular weight is 283 g/mol. The van der Waals surface area contributed by atoms with Crippen molar-refractivity contribution in [1.29, 1.82) is 0 Å². The summed E-state index contributed by atoms with van der Waals surface area (Å²) < 4.78 is 26.7. The molecule has 0 aliphatic heterocycles. The van der Waals surface area contributed by atoms with Crippen molar-refractivity contribution >= 4 is 24.7 Å². The van der Waals surface area contributed by atoms with Gasteiger partial charge in [0.25, 0.3) is 0 Å². The normalized spacial score (nSPS) is 11.1. The third-order valence-corrected chi connectivity index (χ3v) is 3.09. The Balaban J connectivity index is 4.07. The average Bonchev–Trinajstić information content (AvgIpc) is 2.30. The Kier molecular flexibility index (Phi) is 9.31. The van der Waals surface area contributed by atoms with E-state index in [0.29, 0.717) is 6.42 Å². The molecule has 0 radical (unpaired) electrons. The van der Waals surface area contributed by atoms with Crippen molar-refractivity contribution in [2.24, 2.45) is 0 Å². The molecule has 0 rings (SSSR count). The third-order valence-electron chi connectivity index (χ3n) is 1.47. The lowest BCUT2D eigenvalue weighted by atomic mass is 10.3. The smallest absolute Gasteiger partial charge is 0.287 e. The largest absolute Gasteiger partial charge is 0.475 e. The van der Waals surface area contributed by atoms with Gasteiger partial charge in [-0.2, -0.15) is 0 Å². The van der Waals surface area contributed by atoms with Gasteiger partial charge in [0.15, 0.2) is 0 Å². The predicted molar refractivity (Wildman–Crippen MR) is 66.0 cm³/mol. The molecular formula is C10H16ClO5P. The van der Waals surface area contributed by atoms with Crippen LogP contribution in [0.4, 0.5) is 0 Å². The molecule has 0 aromatic carbocycles. The van der Waals surface area contributed by atoms with Crippen molar-refractivity contribution in [3.63, 3.8) is 0 Å². The summed E-state index contributed by atoms with van der Waals surface area (Å²) in [6.07, 6.45) is 3.34. The summed E-state index contributed by atoms with van der Waals surface area (Å²) in [4.78, 5) is 10.5. The molecule has 0 aliphatic rings. The Hall–Kier alpha value is -0.450. The van der Waals surface area contributed by atoms with Crippen LogP contribution in [-0.2, 0) is 22.9 Å². The molecule has 0 heterocycles. The highest BCUT2D eigenvalue weighted by Crippen LogP contribution is 2.49. The lowest BCUT2D eigenvalue weighted by Crippen LogP contribution is -2.03. The lowest BCUT2D eigenvalue weighted by molar-refractivity contribution is -0.111. The van der Waals surface area contributed by atoms with Crippen molar-refractivity contribution < 1.29 is 22.9 Å². The first-order chi connectivity index (χ1) is 8.04. The van der Waals surface area contributed by atoms with Crippen LogP contribution in [0.3, 0.4) is 0 Å². The number of phosphoric ester groups is 1. The maximum atomic E-state index is 11.9. The molecule has 0 atom stereocenters. The molecule has 0 fully saturated rings. The third kappa shape index (κ3) is 9.27. The van der Waals surface area contributed by atoms with Gasteiger partial charge < -0.3 is 0 Å². The molecule has 0 spiro atoms. The van der Waals surface area contributed by atoms with Crippen LogP contribution >= 0.6 is 19.4 Å². The summed E-state index contributed by atoms with van der Waals surface area (Å²) in [5.74, 6) is 0. The summed E-state index contributed by atoms with van der Waals surface area (Å²) in [7, 11) is -3.61. The minimum absolute atomic E-state index is 0.0445. The minimum Gasteiger partial charge on any atom is -0.287 e. The first-order valence-electron chi connectivity index (χ1n) is 4.98. The number of hydrogen-bond donors (Lipinski definition) is 0. The zero-order valence-corrected chi connectivity index (χ0v) is 11.1. The summed E-state index contributed by atoms with van der Waals surface area (Å²) in [5.41, 5.74) is 0. The Morgan fingerprint density at radius 3 is 2.12 bits per heavy atom. The molecule has 0 aromatic rings. The molecule has 98 valence electrons. The molecule has 0 unspecified atom stereocenters. The van der Waals surface area contributed by atoms with E-state index in [2.05, 4.69) is 13.2 Å². The molecular weight excluding hydrogens is 267 g/mol. The van der Waals surface area contributed by atoms with Crippen LogP contribution in [0.1, 0.15) is 12.8 Å². The lowest BCUT2D eigenvalue weighted by Gasteiger charge is -2.16. The molecule has 0 aromatic heterocycles. The standard InChI is InChI=1S/C10H16ClO5P/c1-3-7-14-17(13,15-8-4-2)16-9-5-6-10(11)12/h3-4H,1-2,5-9H2. The Morgan fingerprint density at radius 2 is 1.71 bits per heavy atom. The van der Waals surface area contributed by atoms with Crippen LogP contribution < -0.4 is 0 Å². The second-order valence-corrected chi connectivity index (χ2v) is 5.00. The number of halogens is 1. The monoisotopic (exact) mass is 282 g/mol. The Bertz CT molecular complexity index is 289. The van der Waals surface area contributed by atoms with Crippen molar-refractivity contribution in [2.75, 3.05) is 19.8 Å². The minimum atomic E-state index is -3.61. The van der Waals surface area contributed by atoms with E-state index in [1.54, 1.807) is 0 Å². The van der Waals surface area contributed by atoms with E-state index in [-0.39, 0.29) is 26.2 Å². The van der Waals surface area contributed by atoms with E-state index in [4.69, 9.17) is 25.2 Å². The van der Waals surface area contributed by atoms with Crippen molar-refractivity contribution in [3.8, 4) is 0 Å². The second-order valence-electron chi connectivity index (χ2n) is 2.91. The Morgan fingerprint density at radius 1 is 1.18 bits per heavy atom. The predicted octanol–water partition coefficient (Wildman–Crippen LogP) is 3.06. The second kappa shape index (κ2) is 9.57. The van der Waals surface area contributed by atoms with E-state index in [9.17, 15) is 9.36 Å².